The second-order valence-electron chi connectivity index (χ2n) is 11.3. The molecule has 0 bridgehead atoms. The van der Waals surface area contributed by atoms with Gasteiger partial charge in [0.25, 0.3) is 5.91 Å². The largest absolute Gasteiger partial charge is 0.474 e. The molecule has 0 unspecified atom stereocenters. The van der Waals surface area contributed by atoms with Crippen LogP contribution in [0.15, 0.2) is 55.0 Å². The Morgan fingerprint density at radius 2 is 1.75 bits per heavy atom. The average Bonchev–Trinajstić information content (AvgIpc) is 3.33. The van der Waals surface area contributed by atoms with E-state index in [1.807, 2.05) is 0 Å². The van der Waals surface area contributed by atoms with E-state index in [-0.39, 0.29) is 64.0 Å². The summed E-state index contributed by atoms with van der Waals surface area (Å²) in [5.74, 6) is -2.35. The standard InChI is InChI=1S/C30H27F2N7O5/c1-15(40)25-20(14-39(37-25)28-33-7-4-8-34-28)27(41)38-12-18-19(13-38)26(18)44-24-11-17(30(2,3)36-29(42)43)10-23(35-24)16-5-6-21(31)22(32)9-16/h4-11,14,18-19,26,36H,12-13H2,1-3H3,(H,42,43)/t18-,19+,26-. The van der Waals surface area contributed by atoms with Crippen molar-refractivity contribution in [2.24, 2.45) is 11.8 Å². The first kappa shape index (κ1) is 28.8. The van der Waals surface area contributed by atoms with Gasteiger partial charge in [-0.15, -0.1) is 0 Å². The Kier molecular flexibility index (Phi) is 7.06. The van der Waals surface area contributed by atoms with E-state index < -0.39 is 23.3 Å². The molecule has 2 N–H and O–H groups in total. The van der Waals surface area contributed by atoms with Gasteiger partial charge < -0.3 is 20.1 Å². The van der Waals surface area contributed by atoms with Gasteiger partial charge in [0, 0.05) is 62.1 Å². The van der Waals surface area contributed by atoms with Gasteiger partial charge in [0.2, 0.25) is 11.8 Å². The number of rotatable bonds is 8. The van der Waals surface area contributed by atoms with Gasteiger partial charge >= 0.3 is 6.09 Å². The number of nitrogens with one attached hydrogen (secondary N) is 1. The summed E-state index contributed by atoms with van der Waals surface area (Å²) >= 11 is 0. The molecule has 44 heavy (non-hydrogen) atoms. The molecular formula is C30H27F2N7O5. The molecule has 1 aromatic carbocycles. The SMILES string of the molecule is CC(=O)c1nn(-c2ncccn2)cc1C(=O)N1C[C@@H]2[C@H](C1)[C@@H]2Oc1cc(C(C)(C)NC(=O)O)cc(-c2ccc(F)c(F)c2)n1. The van der Waals surface area contributed by atoms with E-state index in [2.05, 4.69) is 25.4 Å². The van der Waals surface area contributed by atoms with Gasteiger partial charge in [-0.3, -0.25) is 9.59 Å². The van der Waals surface area contributed by atoms with Crippen molar-refractivity contribution in [2.45, 2.75) is 32.4 Å². The minimum absolute atomic E-state index is 0.00504. The fraction of sp³-hybridized carbons (Fsp3) is 0.300. The van der Waals surface area contributed by atoms with E-state index >= 15 is 0 Å². The van der Waals surface area contributed by atoms with Crippen LogP contribution in [-0.2, 0) is 5.54 Å². The number of ketones is 1. The van der Waals surface area contributed by atoms with Crippen LogP contribution in [0.4, 0.5) is 13.6 Å². The van der Waals surface area contributed by atoms with Crippen LogP contribution in [0, 0.1) is 23.5 Å². The third-order valence-electron chi connectivity index (χ3n) is 7.85. The lowest BCUT2D eigenvalue weighted by molar-refractivity contribution is 0.0746. The number of hydrogen-bond acceptors (Lipinski definition) is 8. The van der Waals surface area contributed by atoms with Crippen molar-refractivity contribution >= 4 is 17.8 Å². The number of amides is 2. The summed E-state index contributed by atoms with van der Waals surface area (Å²) in [5.41, 5.74) is 0.185. The predicted octanol–water partition coefficient (Wildman–Crippen LogP) is 3.86. The van der Waals surface area contributed by atoms with E-state index in [9.17, 15) is 28.3 Å². The third-order valence-corrected chi connectivity index (χ3v) is 7.85. The number of Topliss-reactive ketones (excluding diaryl/α,β-unsaturated/α-hetero) is 1. The molecule has 1 aliphatic carbocycles. The summed E-state index contributed by atoms with van der Waals surface area (Å²) in [6.07, 6.45) is 3.00. The van der Waals surface area contributed by atoms with Gasteiger partial charge in [0.1, 0.15) is 11.8 Å². The molecule has 2 fully saturated rings. The number of benzene rings is 1. The number of carbonyl (C=O) groups excluding carboxylic acids is 2. The Morgan fingerprint density at radius 3 is 2.39 bits per heavy atom. The summed E-state index contributed by atoms with van der Waals surface area (Å²) in [6.45, 7) is 5.40. The molecule has 6 rings (SSSR count). The number of carbonyl (C=O) groups is 3. The molecule has 3 atom stereocenters. The number of halogens is 2. The molecule has 4 aromatic rings. The van der Waals surface area contributed by atoms with Crippen molar-refractivity contribution in [1.29, 1.82) is 0 Å². The van der Waals surface area contributed by atoms with Crippen molar-refractivity contribution in [1.82, 2.24) is 34.9 Å². The first-order valence-electron chi connectivity index (χ1n) is 13.7. The highest BCUT2D eigenvalue weighted by Crippen LogP contribution is 2.48. The molecule has 1 aliphatic heterocycles. The van der Waals surface area contributed by atoms with Crippen molar-refractivity contribution in [3.63, 3.8) is 0 Å². The van der Waals surface area contributed by atoms with E-state index in [4.69, 9.17) is 4.74 Å². The van der Waals surface area contributed by atoms with E-state index in [0.717, 1.165) is 12.1 Å². The van der Waals surface area contributed by atoms with E-state index in [0.29, 0.717) is 18.7 Å². The van der Waals surface area contributed by atoms with Crippen LogP contribution in [-0.4, -0.2) is 71.7 Å². The van der Waals surface area contributed by atoms with Gasteiger partial charge in [-0.25, -0.2) is 33.2 Å². The lowest BCUT2D eigenvalue weighted by atomic mass is 9.93. The summed E-state index contributed by atoms with van der Waals surface area (Å²) in [4.78, 5) is 51.6. The maximum absolute atomic E-state index is 14.0. The third kappa shape index (κ3) is 5.45. The van der Waals surface area contributed by atoms with Crippen LogP contribution in [0.1, 0.15) is 47.2 Å². The summed E-state index contributed by atoms with van der Waals surface area (Å²) in [6, 6.07) is 8.22. The van der Waals surface area contributed by atoms with Crippen LogP contribution in [0.2, 0.25) is 0 Å². The quantitative estimate of drug-likeness (QED) is 0.286. The Bertz CT molecular complexity index is 1780. The number of aromatic nitrogens is 5. The van der Waals surface area contributed by atoms with Crippen LogP contribution in [0.3, 0.4) is 0 Å². The van der Waals surface area contributed by atoms with Gasteiger partial charge in [0.15, 0.2) is 17.4 Å². The van der Waals surface area contributed by atoms with Crippen molar-refractivity contribution in [3.8, 4) is 23.1 Å². The zero-order valence-electron chi connectivity index (χ0n) is 23.9. The van der Waals surface area contributed by atoms with Crippen molar-refractivity contribution in [3.05, 3.63) is 83.4 Å². The number of carboxylic acid groups (broad SMARTS) is 1. The number of likely N-dealkylation sites (tertiary alicyclic amines) is 1. The smallest absolute Gasteiger partial charge is 0.405 e. The van der Waals surface area contributed by atoms with Gasteiger partial charge in [0.05, 0.1) is 16.8 Å². The Hall–Kier alpha value is -5.27. The second-order valence-corrected chi connectivity index (χ2v) is 11.3. The molecule has 12 nitrogen and oxygen atoms in total. The van der Waals surface area contributed by atoms with Crippen LogP contribution < -0.4 is 10.1 Å². The molecule has 4 heterocycles. The first-order chi connectivity index (χ1) is 20.9. The molecule has 1 saturated heterocycles. The molecule has 2 amide bonds. The minimum atomic E-state index is -1.24. The normalized spacial score (nSPS) is 18.9. The molecule has 226 valence electrons. The number of nitrogens with zero attached hydrogens (tertiary/aromatic N) is 6. The zero-order chi connectivity index (χ0) is 31.3. The number of fused-ring (bicyclic) bond motifs is 1. The number of pyridine rings is 1. The number of piperidine rings is 1. The summed E-state index contributed by atoms with van der Waals surface area (Å²) in [5, 5.41) is 16.0. The number of hydrogen-bond donors (Lipinski definition) is 2. The maximum atomic E-state index is 14.0. The molecule has 3 aromatic heterocycles. The Morgan fingerprint density at radius 1 is 1.05 bits per heavy atom. The average molecular weight is 604 g/mol. The molecule has 2 aliphatic rings. The highest BCUT2D eigenvalue weighted by atomic mass is 19.2. The van der Waals surface area contributed by atoms with Crippen LogP contribution >= 0.6 is 0 Å². The zero-order valence-corrected chi connectivity index (χ0v) is 23.9. The van der Waals surface area contributed by atoms with E-state index in [1.54, 1.807) is 36.9 Å². The molecule has 0 spiro atoms. The predicted molar refractivity (Wildman–Crippen MR) is 150 cm³/mol. The Labute approximate surface area is 249 Å². The van der Waals surface area contributed by atoms with Crippen molar-refractivity contribution in [2.75, 3.05) is 13.1 Å². The fourth-order valence-corrected chi connectivity index (χ4v) is 5.49. The Balaban J connectivity index is 1.21. The first-order valence-corrected chi connectivity index (χ1v) is 13.7. The fourth-order valence-electron chi connectivity index (χ4n) is 5.49. The molecule has 14 heteroatoms. The highest BCUT2D eigenvalue weighted by Gasteiger charge is 2.59. The topological polar surface area (TPSA) is 152 Å². The molecule has 1 saturated carbocycles. The van der Waals surface area contributed by atoms with Crippen LogP contribution in [0.25, 0.3) is 17.2 Å². The molecule has 0 radical (unpaired) electrons. The van der Waals surface area contributed by atoms with E-state index in [1.165, 1.54) is 36.3 Å². The monoisotopic (exact) mass is 603 g/mol. The second kappa shape index (κ2) is 10.8. The van der Waals surface area contributed by atoms with Gasteiger partial charge in [-0.1, -0.05) is 0 Å². The lowest BCUT2D eigenvalue weighted by Gasteiger charge is -2.26. The van der Waals surface area contributed by atoms with Gasteiger partial charge in [-0.05, 0) is 49.7 Å². The maximum Gasteiger partial charge on any atom is 0.405 e. The minimum Gasteiger partial charge on any atom is -0.474 e. The van der Waals surface area contributed by atoms with Crippen LogP contribution in [0.5, 0.6) is 5.88 Å². The lowest BCUT2D eigenvalue weighted by Crippen LogP contribution is -2.40. The van der Waals surface area contributed by atoms with Gasteiger partial charge in [-0.2, -0.15) is 5.10 Å². The van der Waals surface area contributed by atoms with Crippen molar-refractivity contribution < 1.29 is 33.0 Å². The highest BCUT2D eigenvalue weighted by molar-refractivity contribution is 6.06. The number of ether oxygens (including phenoxy) is 1. The molecular weight excluding hydrogens is 576 g/mol. The summed E-state index contributed by atoms with van der Waals surface area (Å²) in [7, 11) is 0. The summed E-state index contributed by atoms with van der Waals surface area (Å²) < 4.78 is 35.2.